The normalized spacial score (nSPS) is 10.3. The Labute approximate surface area is 130 Å². The Morgan fingerprint density at radius 1 is 1.30 bits per heavy atom. The highest BCUT2D eigenvalue weighted by Gasteiger charge is 2.09. The van der Waals surface area contributed by atoms with Gasteiger partial charge in [0, 0.05) is 20.8 Å². The van der Waals surface area contributed by atoms with Crippen LogP contribution in [0.2, 0.25) is 0 Å². The number of ether oxygens (including phenoxy) is 1. The number of nitrogen functional groups attached to an aromatic ring is 1. The van der Waals surface area contributed by atoms with E-state index in [0.29, 0.717) is 5.56 Å². The minimum atomic E-state index is -0.335. The number of hydrogen-bond acceptors (Lipinski definition) is 4. The number of rotatable bonds is 4. The number of anilines is 1. The van der Waals surface area contributed by atoms with Crippen molar-refractivity contribution in [3.8, 4) is 0 Å². The largest absolute Gasteiger partial charge is 0.465 e. The molecule has 3 nitrogen and oxygen atoms in total. The minimum absolute atomic E-state index is 0.335. The summed E-state index contributed by atoms with van der Waals surface area (Å²) in [5.74, 6) is 0.411. The van der Waals surface area contributed by atoms with Crippen molar-refractivity contribution in [1.82, 2.24) is 0 Å². The highest BCUT2D eigenvalue weighted by Crippen LogP contribution is 2.32. The average Bonchev–Trinajstić information content (AvgIpc) is 2.47. The maximum atomic E-state index is 11.5. The number of hydrogen-bond donors (Lipinski definition) is 1. The van der Waals surface area contributed by atoms with Crippen LogP contribution in [0, 0.1) is 0 Å². The van der Waals surface area contributed by atoms with Crippen LogP contribution in [0.4, 0.5) is 5.69 Å². The first-order valence-electron chi connectivity index (χ1n) is 5.96. The van der Waals surface area contributed by atoms with Crippen molar-refractivity contribution in [3.05, 3.63) is 58.1 Å². The van der Waals surface area contributed by atoms with E-state index in [1.165, 1.54) is 7.11 Å². The molecule has 0 bridgehead atoms. The van der Waals surface area contributed by atoms with Crippen LogP contribution in [0.1, 0.15) is 15.9 Å². The molecule has 0 fully saturated rings. The fraction of sp³-hybridized carbons (Fsp3) is 0.133. The average molecular weight is 352 g/mol. The van der Waals surface area contributed by atoms with Gasteiger partial charge < -0.3 is 10.5 Å². The van der Waals surface area contributed by atoms with Crippen molar-refractivity contribution >= 4 is 39.3 Å². The summed E-state index contributed by atoms with van der Waals surface area (Å²) in [4.78, 5) is 12.5. The molecule has 0 heterocycles. The molecule has 104 valence electrons. The molecule has 0 saturated carbocycles. The van der Waals surface area contributed by atoms with Gasteiger partial charge in [0.05, 0.1) is 12.7 Å². The van der Waals surface area contributed by atoms with Gasteiger partial charge in [-0.15, -0.1) is 11.8 Å². The number of benzene rings is 2. The van der Waals surface area contributed by atoms with Gasteiger partial charge in [-0.2, -0.15) is 0 Å². The summed E-state index contributed by atoms with van der Waals surface area (Å²) in [6, 6.07) is 13.2. The summed E-state index contributed by atoms with van der Waals surface area (Å²) in [5.41, 5.74) is 8.32. The summed E-state index contributed by atoms with van der Waals surface area (Å²) in [6.07, 6.45) is 0. The topological polar surface area (TPSA) is 52.3 Å². The van der Waals surface area contributed by atoms with Gasteiger partial charge >= 0.3 is 5.97 Å². The van der Waals surface area contributed by atoms with Crippen LogP contribution in [0.3, 0.4) is 0 Å². The van der Waals surface area contributed by atoms with Gasteiger partial charge in [0.15, 0.2) is 0 Å². The van der Waals surface area contributed by atoms with Crippen molar-refractivity contribution in [2.45, 2.75) is 10.6 Å². The predicted octanol–water partition coefficient (Wildman–Crippen LogP) is 4.11. The first kappa shape index (κ1) is 14.9. The van der Waals surface area contributed by atoms with Crippen LogP contribution in [0.5, 0.6) is 0 Å². The molecular weight excluding hydrogens is 338 g/mol. The minimum Gasteiger partial charge on any atom is -0.465 e. The number of para-hydroxylation sites is 1. The van der Waals surface area contributed by atoms with Crippen LogP contribution in [-0.2, 0) is 10.5 Å². The van der Waals surface area contributed by atoms with Crippen molar-refractivity contribution in [1.29, 1.82) is 0 Å². The van der Waals surface area contributed by atoms with Gasteiger partial charge in [0.1, 0.15) is 0 Å². The highest BCUT2D eigenvalue weighted by atomic mass is 79.9. The number of thioether (sulfide) groups is 1. The quantitative estimate of drug-likeness (QED) is 0.511. The van der Waals surface area contributed by atoms with Crippen LogP contribution in [0.15, 0.2) is 51.8 Å². The Balaban J connectivity index is 2.17. The Morgan fingerprint density at radius 2 is 2.05 bits per heavy atom. The third-order valence-corrected chi connectivity index (χ3v) is 4.85. The van der Waals surface area contributed by atoms with Crippen LogP contribution in [0.25, 0.3) is 0 Å². The molecule has 0 spiro atoms. The van der Waals surface area contributed by atoms with E-state index in [9.17, 15) is 4.79 Å². The number of halogens is 1. The first-order chi connectivity index (χ1) is 9.61. The van der Waals surface area contributed by atoms with E-state index in [2.05, 4.69) is 15.9 Å². The predicted molar refractivity (Wildman–Crippen MR) is 85.9 cm³/mol. The molecule has 2 aromatic carbocycles. The molecule has 0 radical (unpaired) electrons. The lowest BCUT2D eigenvalue weighted by Gasteiger charge is -2.08. The maximum Gasteiger partial charge on any atom is 0.337 e. The fourth-order valence-electron chi connectivity index (χ4n) is 1.68. The number of esters is 1. The summed E-state index contributed by atoms with van der Waals surface area (Å²) in [7, 11) is 1.38. The van der Waals surface area contributed by atoms with Crippen LogP contribution >= 0.6 is 27.7 Å². The number of nitrogens with two attached hydrogens (primary N) is 1. The molecule has 5 heteroatoms. The molecule has 2 aromatic rings. The first-order valence-corrected chi connectivity index (χ1v) is 7.73. The van der Waals surface area contributed by atoms with Gasteiger partial charge in [-0.3, -0.25) is 0 Å². The standard InChI is InChI=1S/C15H14BrNO2S/c1-19-15(18)10-6-7-12(16)14(8-10)20-9-11-4-2-3-5-13(11)17/h2-8H,9,17H2,1H3. The Morgan fingerprint density at radius 3 is 2.75 bits per heavy atom. The van der Waals surface area contributed by atoms with E-state index in [4.69, 9.17) is 10.5 Å². The molecule has 0 aliphatic carbocycles. The molecule has 0 atom stereocenters. The molecule has 0 aromatic heterocycles. The SMILES string of the molecule is COC(=O)c1ccc(Br)c(SCc2ccccc2N)c1. The number of methoxy groups -OCH3 is 1. The van der Waals surface area contributed by atoms with E-state index < -0.39 is 0 Å². The Kier molecular flexibility index (Phi) is 5.09. The van der Waals surface area contributed by atoms with E-state index in [-0.39, 0.29) is 5.97 Å². The van der Waals surface area contributed by atoms with Gasteiger partial charge in [-0.05, 0) is 45.8 Å². The van der Waals surface area contributed by atoms with Crippen molar-refractivity contribution < 1.29 is 9.53 Å². The molecule has 0 unspecified atom stereocenters. The fourth-order valence-corrected chi connectivity index (χ4v) is 3.26. The molecule has 0 amide bonds. The van der Waals surface area contributed by atoms with E-state index in [1.807, 2.05) is 36.4 Å². The van der Waals surface area contributed by atoms with E-state index in [0.717, 1.165) is 26.4 Å². The Bertz CT molecular complexity index is 631. The van der Waals surface area contributed by atoms with Gasteiger partial charge in [-0.1, -0.05) is 18.2 Å². The van der Waals surface area contributed by atoms with Gasteiger partial charge in [-0.25, -0.2) is 4.79 Å². The summed E-state index contributed by atoms with van der Waals surface area (Å²) in [6.45, 7) is 0. The molecule has 0 aliphatic heterocycles. The second-order valence-corrected chi connectivity index (χ2v) is 6.00. The van der Waals surface area contributed by atoms with E-state index >= 15 is 0 Å². The second-order valence-electron chi connectivity index (χ2n) is 4.12. The molecule has 2 N–H and O–H groups in total. The molecule has 20 heavy (non-hydrogen) atoms. The number of carbonyl (C=O) groups is 1. The zero-order valence-corrected chi connectivity index (χ0v) is 13.3. The van der Waals surface area contributed by atoms with Gasteiger partial charge in [0.25, 0.3) is 0 Å². The lowest BCUT2D eigenvalue weighted by molar-refractivity contribution is 0.0600. The van der Waals surface area contributed by atoms with Crippen molar-refractivity contribution in [2.24, 2.45) is 0 Å². The maximum absolute atomic E-state index is 11.5. The van der Waals surface area contributed by atoms with Crippen molar-refractivity contribution in [3.63, 3.8) is 0 Å². The van der Waals surface area contributed by atoms with Crippen molar-refractivity contribution in [2.75, 3.05) is 12.8 Å². The zero-order valence-electron chi connectivity index (χ0n) is 10.9. The smallest absolute Gasteiger partial charge is 0.337 e. The molecule has 2 rings (SSSR count). The molecule has 0 aliphatic rings. The highest BCUT2D eigenvalue weighted by molar-refractivity contribution is 9.10. The Hall–Kier alpha value is -1.46. The summed E-state index contributed by atoms with van der Waals surface area (Å²) < 4.78 is 5.68. The summed E-state index contributed by atoms with van der Waals surface area (Å²) in [5, 5.41) is 0. The third-order valence-electron chi connectivity index (χ3n) is 2.79. The third kappa shape index (κ3) is 3.55. The second kappa shape index (κ2) is 6.81. The zero-order chi connectivity index (χ0) is 14.5. The molecule has 0 saturated heterocycles. The monoisotopic (exact) mass is 351 g/mol. The summed E-state index contributed by atoms with van der Waals surface area (Å²) >= 11 is 5.11. The number of carbonyl (C=O) groups excluding carboxylic acids is 1. The van der Waals surface area contributed by atoms with Gasteiger partial charge in [0.2, 0.25) is 0 Å². The van der Waals surface area contributed by atoms with E-state index in [1.54, 1.807) is 17.8 Å². The lowest BCUT2D eigenvalue weighted by atomic mass is 10.2. The van der Waals surface area contributed by atoms with Crippen LogP contribution in [-0.4, -0.2) is 13.1 Å². The molecular formula is C15H14BrNO2S. The van der Waals surface area contributed by atoms with Crippen LogP contribution < -0.4 is 5.73 Å². The lowest BCUT2D eigenvalue weighted by Crippen LogP contribution is -2.01.